The molecule has 1 aliphatic heterocycles. The molecule has 0 aliphatic carbocycles. The van der Waals surface area contributed by atoms with Crippen LogP contribution in [0.25, 0.3) is 0 Å². The molecule has 2 heterocycles. The van der Waals surface area contributed by atoms with Crippen molar-refractivity contribution in [2.45, 2.75) is 25.8 Å². The maximum atomic E-state index is 13.4. The summed E-state index contributed by atoms with van der Waals surface area (Å²) in [6, 6.07) is 7.90. The molecule has 15 heteroatoms. The van der Waals surface area contributed by atoms with Gasteiger partial charge in [0.1, 0.15) is 11.3 Å². The van der Waals surface area contributed by atoms with Crippen LogP contribution in [0, 0.1) is 6.92 Å². The maximum absolute atomic E-state index is 13.4. The van der Waals surface area contributed by atoms with Crippen LogP contribution >= 0.6 is 0 Å². The van der Waals surface area contributed by atoms with Gasteiger partial charge in [0.2, 0.25) is 11.8 Å². The molecule has 1 amide bonds. The molecule has 1 aromatic heterocycles. The summed E-state index contributed by atoms with van der Waals surface area (Å²) in [6.45, 7) is 1.36. The van der Waals surface area contributed by atoms with Crippen molar-refractivity contribution in [2.24, 2.45) is 0 Å². The first-order valence-corrected chi connectivity index (χ1v) is 14.0. The average molecular weight is 603 g/mol. The van der Waals surface area contributed by atoms with Crippen molar-refractivity contribution in [3.63, 3.8) is 0 Å². The summed E-state index contributed by atoms with van der Waals surface area (Å²) in [7, 11) is -2.00. The van der Waals surface area contributed by atoms with E-state index in [9.17, 15) is 39.6 Å². The van der Waals surface area contributed by atoms with E-state index in [0.717, 1.165) is 11.1 Å². The number of alkyl halides is 6. The lowest BCUT2D eigenvalue weighted by Gasteiger charge is -2.27. The number of hydrogen-bond acceptors (Lipinski definition) is 7. The van der Waals surface area contributed by atoms with E-state index in [-0.39, 0.29) is 48.1 Å². The Hall–Kier alpha value is -3.88. The quantitative estimate of drug-likeness (QED) is 0.362. The smallest absolute Gasteiger partial charge is 0.416 e. The number of nitrogens with zero attached hydrogens (tertiary/aromatic N) is 4. The van der Waals surface area contributed by atoms with Gasteiger partial charge in [-0.1, -0.05) is 18.2 Å². The fourth-order valence-corrected chi connectivity index (χ4v) is 5.28. The zero-order chi connectivity index (χ0) is 30.2. The first-order valence-electron chi connectivity index (χ1n) is 12.1. The standard InChI is InChI=1S/C26H24F6N4O4S/c1-16-5-3-4-6-21(16)40-22-20(14-33-24(34-22)36-7-9-41(38,39)10-8-36)23(37)35(2)15-17-11-18(25(27,28)29)13-19(12-17)26(30,31)32/h3-6,11-14H,7-10,15H2,1-2H3. The molecule has 1 aliphatic rings. The Kier molecular flexibility index (Phi) is 8.21. The second-order valence-corrected chi connectivity index (χ2v) is 11.8. The van der Waals surface area contributed by atoms with E-state index in [1.54, 1.807) is 36.1 Å². The molecule has 0 saturated carbocycles. The predicted octanol–water partition coefficient (Wildman–Crippen LogP) is 5.12. The van der Waals surface area contributed by atoms with Gasteiger partial charge in [0, 0.05) is 32.9 Å². The van der Waals surface area contributed by atoms with E-state index < -0.39 is 51.3 Å². The SMILES string of the molecule is Cc1ccccc1Oc1nc(N2CCS(=O)(=O)CC2)ncc1C(=O)N(C)Cc1cc(C(F)(F)F)cc(C(F)(F)F)c1. The second kappa shape index (κ2) is 11.2. The number of halogens is 6. The molecule has 2 aromatic carbocycles. The van der Waals surface area contributed by atoms with Crippen molar-refractivity contribution in [1.82, 2.24) is 14.9 Å². The van der Waals surface area contributed by atoms with Gasteiger partial charge >= 0.3 is 12.4 Å². The van der Waals surface area contributed by atoms with Gasteiger partial charge in [-0.25, -0.2) is 13.4 Å². The number of para-hydroxylation sites is 1. The fourth-order valence-electron chi connectivity index (χ4n) is 4.08. The molecule has 0 N–H and O–H groups in total. The molecule has 1 saturated heterocycles. The summed E-state index contributed by atoms with van der Waals surface area (Å²) in [6.07, 6.45) is -8.94. The van der Waals surface area contributed by atoms with Crippen molar-refractivity contribution in [1.29, 1.82) is 0 Å². The Morgan fingerprint density at radius 2 is 1.59 bits per heavy atom. The molecule has 4 rings (SSSR count). The van der Waals surface area contributed by atoms with E-state index in [4.69, 9.17) is 4.74 Å². The minimum absolute atomic E-state index is 0.0118. The number of aryl methyl sites for hydroxylation is 1. The molecular formula is C26H24F6N4O4S. The molecule has 0 radical (unpaired) electrons. The third kappa shape index (κ3) is 7.26. The number of aromatic nitrogens is 2. The first-order chi connectivity index (χ1) is 19.0. The summed E-state index contributed by atoms with van der Waals surface area (Å²) >= 11 is 0. The van der Waals surface area contributed by atoms with Crippen LogP contribution in [0.5, 0.6) is 11.6 Å². The van der Waals surface area contributed by atoms with Crippen molar-refractivity contribution in [3.8, 4) is 11.6 Å². The Morgan fingerprint density at radius 3 is 2.15 bits per heavy atom. The largest absolute Gasteiger partial charge is 0.438 e. The second-order valence-electron chi connectivity index (χ2n) is 9.47. The Labute approximate surface area is 231 Å². The van der Waals surface area contributed by atoms with Crippen LogP contribution in [0.15, 0.2) is 48.7 Å². The molecule has 0 bridgehead atoms. The van der Waals surface area contributed by atoms with E-state index in [2.05, 4.69) is 9.97 Å². The summed E-state index contributed by atoms with van der Waals surface area (Å²) in [5.74, 6) is -0.852. The number of benzene rings is 2. The lowest BCUT2D eigenvalue weighted by Crippen LogP contribution is -2.41. The molecular weight excluding hydrogens is 578 g/mol. The lowest BCUT2D eigenvalue weighted by molar-refractivity contribution is -0.143. The number of rotatable bonds is 6. The highest BCUT2D eigenvalue weighted by atomic mass is 32.2. The molecule has 8 nitrogen and oxygen atoms in total. The highest BCUT2D eigenvalue weighted by Gasteiger charge is 2.37. The summed E-state index contributed by atoms with van der Waals surface area (Å²) in [5.41, 5.74) is -2.90. The van der Waals surface area contributed by atoms with Crippen molar-refractivity contribution in [3.05, 3.63) is 76.5 Å². The zero-order valence-electron chi connectivity index (χ0n) is 21.8. The number of amides is 1. The minimum Gasteiger partial charge on any atom is -0.438 e. The van der Waals surface area contributed by atoms with Crippen molar-refractivity contribution < 1.29 is 44.3 Å². The molecule has 41 heavy (non-hydrogen) atoms. The lowest BCUT2D eigenvalue weighted by atomic mass is 10.0. The van der Waals surface area contributed by atoms with Gasteiger partial charge in [0.05, 0.1) is 22.6 Å². The van der Waals surface area contributed by atoms with Gasteiger partial charge in [-0.2, -0.15) is 31.3 Å². The van der Waals surface area contributed by atoms with Crippen LogP contribution in [-0.2, 0) is 28.7 Å². The van der Waals surface area contributed by atoms with E-state index >= 15 is 0 Å². The van der Waals surface area contributed by atoms with Crippen LogP contribution in [0.1, 0.15) is 32.6 Å². The van der Waals surface area contributed by atoms with Crippen LogP contribution in [0.4, 0.5) is 32.3 Å². The van der Waals surface area contributed by atoms with Crippen molar-refractivity contribution >= 4 is 21.7 Å². The van der Waals surface area contributed by atoms with E-state index in [0.29, 0.717) is 23.4 Å². The van der Waals surface area contributed by atoms with Gasteiger partial charge in [-0.15, -0.1) is 0 Å². The zero-order valence-corrected chi connectivity index (χ0v) is 22.6. The van der Waals surface area contributed by atoms with Crippen LogP contribution in [0.3, 0.4) is 0 Å². The highest BCUT2D eigenvalue weighted by molar-refractivity contribution is 7.91. The Morgan fingerprint density at radius 1 is 1.00 bits per heavy atom. The molecule has 0 spiro atoms. The minimum atomic E-state index is -5.04. The number of hydrogen-bond donors (Lipinski definition) is 0. The first kappa shape index (κ1) is 30.1. The summed E-state index contributed by atoms with van der Waals surface area (Å²) < 4.78 is 109. The van der Waals surface area contributed by atoms with Gasteiger partial charge in [0.15, 0.2) is 9.84 Å². The number of carbonyl (C=O) groups is 1. The van der Waals surface area contributed by atoms with E-state index in [1.807, 2.05) is 0 Å². The predicted molar refractivity (Wildman–Crippen MR) is 136 cm³/mol. The molecule has 0 unspecified atom stereocenters. The van der Waals surface area contributed by atoms with Gasteiger partial charge in [-0.3, -0.25) is 4.79 Å². The summed E-state index contributed by atoms with van der Waals surface area (Å²) in [4.78, 5) is 24.4. The Balaban J connectivity index is 1.68. The fraction of sp³-hybridized carbons (Fsp3) is 0.346. The normalized spacial score (nSPS) is 15.5. The monoisotopic (exact) mass is 602 g/mol. The number of carbonyl (C=O) groups excluding carboxylic acids is 1. The molecule has 1 fully saturated rings. The van der Waals surface area contributed by atoms with Gasteiger partial charge in [0.25, 0.3) is 5.91 Å². The highest BCUT2D eigenvalue weighted by Crippen LogP contribution is 2.37. The van der Waals surface area contributed by atoms with E-state index in [1.165, 1.54) is 7.05 Å². The number of sulfone groups is 1. The summed E-state index contributed by atoms with van der Waals surface area (Å²) in [5, 5.41) is 0. The molecule has 0 atom stereocenters. The van der Waals surface area contributed by atoms with Crippen LogP contribution < -0.4 is 9.64 Å². The average Bonchev–Trinajstić information content (AvgIpc) is 2.88. The Bertz CT molecular complexity index is 1510. The number of ether oxygens (including phenoxy) is 1. The third-order valence-electron chi connectivity index (χ3n) is 6.31. The van der Waals surface area contributed by atoms with Crippen molar-refractivity contribution in [2.75, 3.05) is 36.5 Å². The van der Waals surface area contributed by atoms with Crippen LogP contribution in [-0.4, -0.2) is 60.8 Å². The van der Waals surface area contributed by atoms with Crippen LogP contribution in [0.2, 0.25) is 0 Å². The molecule has 220 valence electrons. The van der Waals surface area contributed by atoms with Gasteiger partial charge < -0.3 is 14.5 Å². The van der Waals surface area contributed by atoms with Gasteiger partial charge in [-0.05, 0) is 42.3 Å². The topological polar surface area (TPSA) is 92.7 Å². The third-order valence-corrected chi connectivity index (χ3v) is 7.92. The number of anilines is 1. The molecule has 3 aromatic rings. The maximum Gasteiger partial charge on any atom is 0.416 e.